The molecule has 108 valence electrons. The van der Waals surface area contributed by atoms with Crippen LogP contribution in [0.4, 0.5) is 0 Å². The molecule has 0 unspecified atom stereocenters. The maximum atomic E-state index is 12.7. The number of para-hydroxylation sites is 1. The van der Waals surface area contributed by atoms with Gasteiger partial charge in [0.1, 0.15) is 0 Å². The third kappa shape index (κ3) is 1.74. The number of fused-ring (bicyclic) bond motifs is 5. The van der Waals surface area contributed by atoms with Gasteiger partial charge in [-0.3, -0.25) is 4.79 Å². The van der Waals surface area contributed by atoms with Crippen LogP contribution in [0, 0.1) is 5.41 Å². The lowest BCUT2D eigenvalue weighted by atomic mass is 9.62. The zero-order valence-corrected chi connectivity index (χ0v) is 12.1. The summed E-state index contributed by atoms with van der Waals surface area (Å²) in [5.74, 6) is 0.253. The van der Waals surface area contributed by atoms with Crippen molar-refractivity contribution >= 4 is 16.7 Å². The summed E-state index contributed by atoms with van der Waals surface area (Å²) in [5.41, 5.74) is 3.08. The highest BCUT2D eigenvalue weighted by atomic mass is 16.1. The summed E-state index contributed by atoms with van der Waals surface area (Å²) >= 11 is 0. The second-order valence-electron chi connectivity index (χ2n) is 6.41. The number of allylic oxidation sites excluding steroid dienone is 1. The van der Waals surface area contributed by atoms with Crippen molar-refractivity contribution < 1.29 is 4.79 Å². The maximum absolute atomic E-state index is 12.7. The van der Waals surface area contributed by atoms with E-state index < -0.39 is 0 Å². The molecule has 2 heterocycles. The Labute approximate surface area is 124 Å². The molecule has 0 radical (unpaired) electrons. The number of carbonyl (C=O) groups excluding carboxylic acids is 1. The lowest BCUT2D eigenvalue weighted by molar-refractivity contribution is 0.0715. The van der Waals surface area contributed by atoms with Gasteiger partial charge in [-0.1, -0.05) is 24.3 Å². The Morgan fingerprint density at radius 2 is 2.24 bits per heavy atom. The molecular formula is C18H20N2O. The molecule has 1 aliphatic heterocycles. The summed E-state index contributed by atoms with van der Waals surface area (Å²) in [4.78, 5) is 16.0. The largest absolute Gasteiger partial charge is 0.352 e. The highest BCUT2D eigenvalue weighted by Crippen LogP contribution is 2.52. The smallest absolute Gasteiger partial charge is 0.180 e. The quantitative estimate of drug-likeness (QED) is 0.823. The number of Topliss-reactive ketones (excluding diaryl/α,β-unsaturated/α-hetero) is 1. The number of benzene rings is 1. The third-order valence-corrected chi connectivity index (χ3v) is 5.19. The normalized spacial score (nSPS) is 28.2. The fourth-order valence-electron chi connectivity index (χ4n) is 4.32. The van der Waals surface area contributed by atoms with E-state index in [2.05, 4.69) is 29.0 Å². The Bertz CT molecular complexity index is 730. The second-order valence-corrected chi connectivity index (χ2v) is 6.41. The highest BCUT2D eigenvalue weighted by Gasteiger charge is 2.48. The van der Waals surface area contributed by atoms with Gasteiger partial charge in [0, 0.05) is 34.3 Å². The predicted octanol–water partition coefficient (Wildman–Crippen LogP) is 3.74. The van der Waals surface area contributed by atoms with Gasteiger partial charge in [-0.2, -0.15) is 0 Å². The van der Waals surface area contributed by atoms with Gasteiger partial charge in [0.2, 0.25) is 0 Å². The van der Waals surface area contributed by atoms with Crippen LogP contribution in [0.3, 0.4) is 0 Å². The zero-order valence-electron chi connectivity index (χ0n) is 12.1. The maximum Gasteiger partial charge on any atom is 0.180 e. The fraction of sp³-hybridized carbons (Fsp3) is 0.389. The van der Waals surface area contributed by atoms with E-state index in [9.17, 15) is 4.79 Å². The molecule has 4 rings (SSSR count). The van der Waals surface area contributed by atoms with Gasteiger partial charge in [0.15, 0.2) is 5.78 Å². The van der Waals surface area contributed by atoms with Crippen LogP contribution >= 0.6 is 0 Å². The molecule has 1 aliphatic carbocycles. The summed E-state index contributed by atoms with van der Waals surface area (Å²) < 4.78 is 0. The number of rotatable bonds is 2. The van der Waals surface area contributed by atoms with E-state index in [-0.39, 0.29) is 17.2 Å². The van der Waals surface area contributed by atoms with Gasteiger partial charge in [-0.15, -0.1) is 6.58 Å². The number of carbonyl (C=O) groups is 1. The molecule has 0 spiro atoms. The van der Waals surface area contributed by atoms with Gasteiger partial charge in [-0.25, -0.2) is 0 Å². The molecule has 1 aromatic carbocycles. The summed E-state index contributed by atoms with van der Waals surface area (Å²) in [6.07, 6.45) is 5.73. The Morgan fingerprint density at radius 3 is 3.10 bits per heavy atom. The minimum Gasteiger partial charge on any atom is -0.352 e. The number of aromatic amines is 1. The topological polar surface area (TPSA) is 44.9 Å². The first-order chi connectivity index (χ1) is 10.2. The molecular weight excluding hydrogens is 260 g/mol. The van der Waals surface area contributed by atoms with Crippen molar-refractivity contribution in [3.8, 4) is 0 Å². The first-order valence-corrected chi connectivity index (χ1v) is 7.73. The number of hydrogen-bond donors (Lipinski definition) is 2. The van der Waals surface area contributed by atoms with Gasteiger partial charge >= 0.3 is 0 Å². The molecule has 1 aromatic heterocycles. The number of nitrogens with one attached hydrogen (secondary N) is 2. The monoisotopic (exact) mass is 280 g/mol. The molecule has 1 fully saturated rings. The molecule has 0 saturated carbocycles. The van der Waals surface area contributed by atoms with Crippen molar-refractivity contribution in [2.45, 2.75) is 31.7 Å². The SMILES string of the molecule is C=CC[C@]12CCCN[C@H]1c1c([nH]c3ccccc13)C(=O)C2. The summed E-state index contributed by atoms with van der Waals surface area (Å²) in [6, 6.07) is 8.50. The molecule has 2 atom stereocenters. The first-order valence-electron chi connectivity index (χ1n) is 7.73. The van der Waals surface area contributed by atoms with Gasteiger partial charge < -0.3 is 10.3 Å². The van der Waals surface area contributed by atoms with Gasteiger partial charge in [-0.05, 0) is 31.9 Å². The zero-order chi connectivity index (χ0) is 14.4. The molecule has 0 amide bonds. The van der Waals surface area contributed by atoms with Crippen LogP contribution in [-0.2, 0) is 0 Å². The molecule has 2 aliphatic rings. The molecule has 1 saturated heterocycles. The number of piperidine rings is 1. The van der Waals surface area contributed by atoms with Crippen LogP contribution in [0.5, 0.6) is 0 Å². The van der Waals surface area contributed by atoms with Crippen molar-refractivity contribution in [3.05, 3.63) is 48.2 Å². The Kier molecular flexibility index (Phi) is 2.79. The van der Waals surface area contributed by atoms with Crippen molar-refractivity contribution in [1.29, 1.82) is 0 Å². The van der Waals surface area contributed by atoms with Gasteiger partial charge in [0.25, 0.3) is 0 Å². The Hall–Kier alpha value is -1.87. The van der Waals surface area contributed by atoms with E-state index in [0.29, 0.717) is 6.42 Å². The molecule has 3 heteroatoms. The molecule has 3 nitrogen and oxygen atoms in total. The van der Waals surface area contributed by atoms with Crippen molar-refractivity contribution in [3.63, 3.8) is 0 Å². The van der Waals surface area contributed by atoms with E-state index >= 15 is 0 Å². The minimum absolute atomic E-state index is 0.00898. The average molecular weight is 280 g/mol. The van der Waals surface area contributed by atoms with Crippen molar-refractivity contribution in [2.24, 2.45) is 5.41 Å². The number of ketones is 1. The lowest BCUT2D eigenvalue weighted by Gasteiger charge is -2.47. The van der Waals surface area contributed by atoms with Crippen LogP contribution in [-0.4, -0.2) is 17.3 Å². The van der Waals surface area contributed by atoms with Gasteiger partial charge in [0.05, 0.1) is 5.69 Å². The highest BCUT2D eigenvalue weighted by molar-refractivity contribution is 6.04. The average Bonchev–Trinajstić information content (AvgIpc) is 2.88. The van der Waals surface area contributed by atoms with E-state index in [1.807, 2.05) is 18.2 Å². The van der Waals surface area contributed by atoms with E-state index in [0.717, 1.165) is 37.0 Å². The number of hydrogen-bond acceptors (Lipinski definition) is 2. The molecule has 0 bridgehead atoms. The van der Waals surface area contributed by atoms with Crippen LogP contribution in [0.1, 0.15) is 47.8 Å². The van der Waals surface area contributed by atoms with Crippen LogP contribution in [0.25, 0.3) is 10.9 Å². The van der Waals surface area contributed by atoms with Crippen LogP contribution in [0.2, 0.25) is 0 Å². The summed E-state index contributed by atoms with van der Waals surface area (Å²) in [5, 5.41) is 4.87. The first kappa shape index (κ1) is 12.8. The molecule has 21 heavy (non-hydrogen) atoms. The van der Waals surface area contributed by atoms with Crippen molar-refractivity contribution in [2.75, 3.05) is 6.54 Å². The van der Waals surface area contributed by atoms with Crippen molar-refractivity contribution in [1.82, 2.24) is 10.3 Å². The standard InChI is InChI=1S/C18H20N2O/c1-2-8-18-9-5-10-19-17(18)15-12-6-3-4-7-13(12)20-16(15)14(21)11-18/h2-4,6-7,17,19-20H,1,5,8-11H2/t17-,18+/m0/s1. The van der Waals surface area contributed by atoms with E-state index in [4.69, 9.17) is 0 Å². The Morgan fingerprint density at radius 1 is 1.38 bits per heavy atom. The molecule has 2 N–H and O–H groups in total. The van der Waals surface area contributed by atoms with E-state index in [1.54, 1.807) is 0 Å². The number of H-pyrrole nitrogens is 1. The number of aromatic nitrogens is 1. The second kappa shape index (κ2) is 4.57. The van der Waals surface area contributed by atoms with Crippen LogP contribution < -0.4 is 5.32 Å². The minimum atomic E-state index is 0.00898. The summed E-state index contributed by atoms with van der Waals surface area (Å²) in [6.45, 7) is 4.95. The summed E-state index contributed by atoms with van der Waals surface area (Å²) in [7, 11) is 0. The lowest BCUT2D eigenvalue weighted by Crippen LogP contribution is -2.47. The predicted molar refractivity (Wildman–Crippen MR) is 84.5 cm³/mol. The van der Waals surface area contributed by atoms with Crippen LogP contribution in [0.15, 0.2) is 36.9 Å². The van der Waals surface area contributed by atoms with E-state index in [1.165, 1.54) is 10.9 Å². The fourth-order valence-corrected chi connectivity index (χ4v) is 4.32. The molecule has 2 aromatic rings. The Balaban J connectivity index is 1.97. The third-order valence-electron chi connectivity index (χ3n) is 5.19.